The minimum atomic E-state index is -0.203. The zero-order valence-electron chi connectivity index (χ0n) is 13.0. The van der Waals surface area contributed by atoms with Gasteiger partial charge in [0.25, 0.3) is 0 Å². The van der Waals surface area contributed by atoms with E-state index < -0.39 is 0 Å². The molecule has 0 aromatic carbocycles. The summed E-state index contributed by atoms with van der Waals surface area (Å²) in [5.74, 6) is 0.354. The number of ether oxygens (including phenoxy) is 1. The van der Waals surface area contributed by atoms with E-state index in [9.17, 15) is 4.79 Å². The first-order valence-corrected chi connectivity index (χ1v) is 7.04. The molecule has 114 valence electrons. The number of hydrogen-bond donors (Lipinski definition) is 1. The molecule has 0 spiro atoms. The van der Waals surface area contributed by atoms with Gasteiger partial charge in [0.15, 0.2) is 0 Å². The molecule has 0 fully saturated rings. The zero-order valence-corrected chi connectivity index (χ0v) is 13.0. The Labute approximate surface area is 120 Å². The summed E-state index contributed by atoms with van der Waals surface area (Å²) in [6.07, 6.45) is 0.668. The second-order valence-corrected chi connectivity index (χ2v) is 4.70. The summed E-state index contributed by atoms with van der Waals surface area (Å²) in [6.45, 7) is 10.1. The molecule has 0 aliphatic carbocycles. The third-order valence-corrected chi connectivity index (χ3v) is 3.52. The SMILES string of the molecule is CCN(CC)C(C)C(=O)Nc1onc(C)c1CCOC. The van der Waals surface area contributed by atoms with Crippen molar-refractivity contribution in [2.75, 3.05) is 32.1 Å². The monoisotopic (exact) mass is 283 g/mol. The highest BCUT2D eigenvalue weighted by molar-refractivity contribution is 5.94. The van der Waals surface area contributed by atoms with E-state index in [0.29, 0.717) is 18.9 Å². The lowest BCUT2D eigenvalue weighted by Gasteiger charge is -2.24. The summed E-state index contributed by atoms with van der Waals surface area (Å²) in [7, 11) is 1.64. The average Bonchev–Trinajstić information content (AvgIpc) is 2.78. The van der Waals surface area contributed by atoms with E-state index in [1.165, 1.54) is 0 Å². The Kier molecular flexibility index (Phi) is 6.67. The van der Waals surface area contributed by atoms with Gasteiger partial charge in [-0.05, 0) is 26.9 Å². The van der Waals surface area contributed by atoms with Crippen molar-refractivity contribution >= 4 is 11.8 Å². The first kappa shape index (κ1) is 16.7. The fraction of sp³-hybridized carbons (Fsp3) is 0.714. The van der Waals surface area contributed by atoms with Crippen molar-refractivity contribution in [3.63, 3.8) is 0 Å². The number of carbonyl (C=O) groups is 1. The zero-order chi connectivity index (χ0) is 15.1. The summed E-state index contributed by atoms with van der Waals surface area (Å²) in [5.41, 5.74) is 1.68. The normalized spacial score (nSPS) is 12.7. The van der Waals surface area contributed by atoms with Gasteiger partial charge in [-0.2, -0.15) is 0 Å². The molecule has 0 aliphatic heterocycles. The van der Waals surface area contributed by atoms with E-state index in [1.54, 1.807) is 7.11 Å². The van der Waals surface area contributed by atoms with Crippen LogP contribution in [0.2, 0.25) is 0 Å². The predicted octanol–water partition coefficient (Wildman–Crippen LogP) is 1.84. The number of aryl methyl sites for hydroxylation is 1. The first-order chi connectivity index (χ1) is 9.54. The standard InChI is InChI=1S/C14H25N3O3/c1-6-17(7-2)11(4)13(18)15-14-12(8-9-19-5)10(3)16-20-14/h11H,6-9H2,1-5H3,(H,15,18). The number of anilines is 1. The Hall–Kier alpha value is -1.40. The molecule has 1 heterocycles. The van der Waals surface area contributed by atoms with Gasteiger partial charge >= 0.3 is 0 Å². The maximum Gasteiger partial charge on any atom is 0.243 e. The molecule has 1 unspecified atom stereocenters. The van der Waals surface area contributed by atoms with E-state index in [2.05, 4.69) is 15.4 Å². The summed E-state index contributed by atoms with van der Waals surface area (Å²) < 4.78 is 10.3. The number of nitrogens with zero attached hydrogens (tertiary/aromatic N) is 2. The van der Waals surface area contributed by atoms with Crippen molar-refractivity contribution in [2.45, 2.75) is 40.2 Å². The number of rotatable bonds is 8. The molecule has 1 amide bonds. The summed E-state index contributed by atoms with van der Waals surface area (Å²) in [4.78, 5) is 14.3. The van der Waals surface area contributed by atoms with E-state index in [4.69, 9.17) is 9.26 Å². The molecule has 6 heteroatoms. The summed E-state index contributed by atoms with van der Waals surface area (Å²) >= 11 is 0. The van der Waals surface area contributed by atoms with Gasteiger partial charge in [-0.3, -0.25) is 15.0 Å². The van der Waals surface area contributed by atoms with Crippen LogP contribution < -0.4 is 5.32 Å². The van der Waals surface area contributed by atoms with Crippen molar-refractivity contribution in [1.82, 2.24) is 10.1 Å². The molecule has 0 saturated heterocycles. The van der Waals surface area contributed by atoms with Crippen molar-refractivity contribution in [3.05, 3.63) is 11.3 Å². The molecule has 1 aromatic heterocycles. The van der Waals surface area contributed by atoms with Gasteiger partial charge in [-0.15, -0.1) is 0 Å². The van der Waals surface area contributed by atoms with Crippen LogP contribution >= 0.6 is 0 Å². The molecule has 0 saturated carbocycles. The lowest BCUT2D eigenvalue weighted by atomic mass is 10.2. The fourth-order valence-electron chi connectivity index (χ4n) is 2.14. The van der Waals surface area contributed by atoms with Crippen LogP contribution in [0.15, 0.2) is 4.52 Å². The second-order valence-electron chi connectivity index (χ2n) is 4.70. The van der Waals surface area contributed by atoms with E-state index in [1.807, 2.05) is 27.7 Å². The molecule has 0 radical (unpaired) electrons. The first-order valence-electron chi connectivity index (χ1n) is 7.04. The smallest absolute Gasteiger partial charge is 0.243 e. The largest absolute Gasteiger partial charge is 0.384 e. The lowest BCUT2D eigenvalue weighted by Crippen LogP contribution is -2.41. The number of likely N-dealkylation sites (N-methyl/N-ethyl adjacent to an activating group) is 1. The summed E-state index contributed by atoms with van der Waals surface area (Å²) in [6, 6.07) is -0.203. The van der Waals surface area contributed by atoms with E-state index in [0.717, 1.165) is 24.3 Å². The number of nitrogens with one attached hydrogen (secondary N) is 1. The van der Waals surface area contributed by atoms with E-state index in [-0.39, 0.29) is 11.9 Å². The topological polar surface area (TPSA) is 67.6 Å². The van der Waals surface area contributed by atoms with Crippen LogP contribution in [0.4, 0.5) is 5.88 Å². The highest BCUT2D eigenvalue weighted by Crippen LogP contribution is 2.20. The van der Waals surface area contributed by atoms with Crippen LogP contribution in [0.25, 0.3) is 0 Å². The van der Waals surface area contributed by atoms with Crippen LogP contribution in [0.5, 0.6) is 0 Å². The fourth-order valence-corrected chi connectivity index (χ4v) is 2.14. The third kappa shape index (κ3) is 4.05. The molecule has 0 aliphatic rings. The molecule has 6 nitrogen and oxygen atoms in total. The lowest BCUT2D eigenvalue weighted by molar-refractivity contribution is -0.120. The number of aromatic nitrogens is 1. The van der Waals surface area contributed by atoms with Crippen molar-refractivity contribution in [1.29, 1.82) is 0 Å². The maximum absolute atomic E-state index is 12.2. The minimum Gasteiger partial charge on any atom is -0.384 e. The molecule has 1 N–H and O–H groups in total. The van der Waals surface area contributed by atoms with E-state index >= 15 is 0 Å². The second kappa shape index (κ2) is 8.01. The van der Waals surface area contributed by atoms with Gasteiger partial charge in [0.1, 0.15) is 0 Å². The number of amides is 1. The summed E-state index contributed by atoms with van der Waals surface area (Å²) in [5, 5.41) is 6.73. The van der Waals surface area contributed by atoms with Crippen molar-refractivity contribution < 1.29 is 14.1 Å². The predicted molar refractivity (Wildman–Crippen MR) is 77.8 cm³/mol. The highest BCUT2D eigenvalue weighted by atomic mass is 16.5. The average molecular weight is 283 g/mol. The van der Waals surface area contributed by atoms with Gasteiger partial charge < -0.3 is 9.26 Å². The Morgan fingerprint density at radius 1 is 1.45 bits per heavy atom. The van der Waals surface area contributed by atoms with Crippen LogP contribution in [0.3, 0.4) is 0 Å². The third-order valence-electron chi connectivity index (χ3n) is 3.52. The molecule has 1 atom stereocenters. The molecule has 20 heavy (non-hydrogen) atoms. The molecule has 0 bridgehead atoms. The molecular formula is C14H25N3O3. The van der Waals surface area contributed by atoms with Crippen LogP contribution in [-0.2, 0) is 16.0 Å². The Morgan fingerprint density at radius 3 is 2.65 bits per heavy atom. The van der Waals surface area contributed by atoms with Gasteiger partial charge in [0.05, 0.1) is 18.3 Å². The number of hydrogen-bond acceptors (Lipinski definition) is 5. The molecule has 1 rings (SSSR count). The quantitative estimate of drug-likeness (QED) is 0.788. The minimum absolute atomic E-state index is 0.0801. The van der Waals surface area contributed by atoms with Crippen LogP contribution in [-0.4, -0.2) is 48.8 Å². The molecule has 1 aromatic rings. The van der Waals surface area contributed by atoms with Gasteiger partial charge in [0, 0.05) is 19.1 Å². The van der Waals surface area contributed by atoms with Crippen LogP contribution in [0.1, 0.15) is 32.0 Å². The maximum atomic E-state index is 12.2. The van der Waals surface area contributed by atoms with Gasteiger partial charge in [-0.1, -0.05) is 19.0 Å². The van der Waals surface area contributed by atoms with Crippen LogP contribution in [0, 0.1) is 6.92 Å². The Balaban J connectivity index is 2.75. The van der Waals surface area contributed by atoms with Crippen molar-refractivity contribution in [3.8, 4) is 0 Å². The number of carbonyl (C=O) groups excluding carboxylic acids is 1. The van der Waals surface area contributed by atoms with Gasteiger partial charge in [-0.25, -0.2) is 0 Å². The number of methoxy groups -OCH3 is 1. The van der Waals surface area contributed by atoms with Gasteiger partial charge in [0.2, 0.25) is 11.8 Å². The highest BCUT2D eigenvalue weighted by Gasteiger charge is 2.22. The van der Waals surface area contributed by atoms with Crippen molar-refractivity contribution in [2.24, 2.45) is 0 Å². The Morgan fingerprint density at radius 2 is 2.10 bits per heavy atom. The Bertz CT molecular complexity index is 427. The molecular weight excluding hydrogens is 258 g/mol.